The van der Waals surface area contributed by atoms with Gasteiger partial charge < -0.3 is 19.7 Å². The number of morpholine rings is 1. The molecule has 1 aromatic heterocycles. The number of hydrogen-bond donors (Lipinski definition) is 1. The number of nitrogens with one attached hydrogen (secondary N) is 1. The van der Waals surface area contributed by atoms with Crippen LogP contribution in [0.5, 0.6) is 0 Å². The zero-order valence-electron chi connectivity index (χ0n) is 17.4. The summed E-state index contributed by atoms with van der Waals surface area (Å²) in [5, 5.41) is 2.88. The van der Waals surface area contributed by atoms with E-state index in [0.717, 1.165) is 31.5 Å². The summed E-state index contributed by atoms with van der Waals surface area (Å²) < 4.78 is 10.4. The third-order valence-corrected chi connectivity index (χ3v) is 5.37. The van der Waals surface area contributed by atoms with E-state index in [1.54, 1.807) is 18.2 Å². The molecule has 1 atom stereocenters. The molecule has 1 N–H and O–H groups in total. The minimum atomic E-state index is -0.0707. The van der Waals surface area contributed by atoms with Gasteiger partial charge in [0.2, 0.25) is 5.91 Å². The number of aryl methyl sites for hydroxylation is 1. The van der Waals surface area contributed by atoms with Gasteiger partial charge in [-0.3, -0.25) is 14.5 Å². The summed E-state index contributed by atoms with van der Waals surface area (Å²) in [6, 6.07) is -0.0707. The van der Waals surface area contributed by atoms with Crippen molar-refractivity contribution >= 4 is 11.8 Å². The second-order valence-electron chi connectivity index (χ2n) is 7.45. The lowest BCUT2D eigenvalue weighted by molar-refractivity contribution is -0.123. The topological polar surface area (TPSA) is 96.9 Å². The molecule has 0 saturated carbocycles. The second-order valence-corrected chi connectivity index (χ2v) is 7.45. The maximum atomic E-state index is 13.2. The lowest BCUT2D eigenvalue weighted by Gasteiger charge is -2.36. The van der Waals surface area contributed by atoms with Crippen LogP contribution in [0.3, 0.4) is 0 Å². The molecule has 1 unspecified atom stereocenters. The van der Waals surface area contributed by atoms with Crippen LogP contribution in [-0.2, 0) is 14.3 Å². The molecule has 3 heterocycles. The van der Waals surface area contributed by atoms with Crippen LogP contribution in [0.4, 0.5) is 0 Å². The van der Waals surface area contributed by atoms with Gasteiger partial charge in [-0.05, 0) is 26.3 Å². The maximum Gasteiger partial charge on any atom is 0.257 e. The molecule has 2 aliphatic heterocycles. The molecule has 0 aliphatic carbocycles. The average Bonchev–Trinajstić information content (AvgIpc) is 2.74. The van der Waals surface area contributed by atoms with Crippen LogP contribution in [0.15, 0.2) is 6.20 Å². The van der Waals surface area contributed by atoms with Crippen molar-refractivity contribution in [2.24, 2.45) is 0 Å². The number of piperidine rings is 1. The van der Waals surface area contributed by atoms with Gasteiger partial charge >= 0.3 is 0 Å². The molecule has 9 nitrogen and oxygen atoms in total. The molecule has 9 heteroatoms. The number of rotatable bonds is 7. The van der Waals surface area contributed by atoms with Crippen molar-refractivity contribution in [1.82, 2.24) is 25.1 Å². The summed E-state index contributed by atoms with van der Waals surface area (Å²) in [4.78, 5) is 38.4. The summed E-state index contributed by atoms with van der Waals surface area (Å²) in [5.41, 5.74) is 1.27. The first-order valence-electron chi connectivity index (χ1n) is 10.3. The van der Waals surface area contributed by atoms with Crippen LogP contribution in [0.1, 0.15) is 47.2 Å². The van der Waals surface area contributed by atoms with Gasteiger partial charge in [0.15, 0.2) is 0 Å². The Kier molecular flexibility index (Phi) is 7.91. The van der Waals surface area contributed by atoms with Crippen molar-refractivity contribution in [3.8, 4) is 0 Å². The molecule has 0 aromatic carbocycles. The van der Waals surface area contributed by atoms with Crippen molar-refractivity contribution in [3.63, 3.8) is 0 Å². The third-order valence-electron chi connectivity index (χ3n) is 5.37. The molecule has 2 amide bonds. The van der Waals surface area contributed by atoms with Gasteiger partial charge in [0.05, 0.1) is 43.7 Å². The maximum absolute atomic E-state index is 13.2. The minimum absolute atomic E-state index is 0.0409. The number of carbonyl (C=O) groups is 2. The van der Waals surface area contributed by atoms with E-state index >= 15 is 0 Å². The number of nitrogens with zero attached hydrogens (tertiary/aromatic N) is 4. The molecule has 0 spiro atoms. The monoisotopic (exact) mass is 405 g/mol. The Balaban J connectivity index is 1.79. The van der Waals surface area contributed by atoms with E-state index in [1.165, 1.54) is 0 Å². The Hall–Kier alpha value is -2.10. The Labute approximate surface area is 171 Å². The van der Waals surface area contributed by atoms with Crippen molar-refractivity contribution in [1.29, 1.82) is 0 Å². The summed E-state index contributed by atoms with van der Waals surface area (Å²) in [5.74, 6) is 0.535. The number of hydrogen-bond acceptors (Lipinski definition) is 7. The number of aromatic nitrogens is 2. The normalized spacial score (nSPS) is 20.5. The fourth-order valence-corrected chi connectivity index (χ4v) is 3.87. The highest BCUT2D eigenvalue weighted by Crippen LogP contribution is 2.32. The largest absolute Gasteiger partial charge is 0.383 e. The van der Waals surface area contributed by atoms with E-state index in [0.29, 0.717) is 50.8 Å². The van der Waals surface area contributed by atoms with E-state index in [1.807, 2.05) is 6.92 Å². The zero-order chi connectivity index (χ0) is 20.6. The van der Waals surface area contributed by atoms with Gasteiger partial charge in [0, 0.05) is 32.9 Å². The lowest BCUT2D eigenvalue weighted by Crippen LogP contribution is -2.44. The Bertz CT molecular complexity index is 708. The highest BCUT2D eigenvalue weighted by atomic mass is 16.5. The predicted octanol–water partition coefficient (Wildman–Crippen LogP) is 0.547. The van der Waals surface area contributed by atoms with E-state index in [9.17, 15) is 9.59 Å². The summed E-state index contributed by atoms with van der Waals surface area (Å²) >= 11 is 0. The van der Waals surface area contributed by atoms with Crippen molar-refractivity contribution in [2.45, 2.75) is 32.2 Å². The second kappa shape index (κ2) is 10.6. The first kappa shape index (κ1) is 21.6. The third kappa shape index (κ3) is 5.71. The van der Waals surface area contributed by atoms with Crippen molar-refractivity contribution in [2.75, 3.05) is 59.7 Å². The molecular weight excluding hydrogens is 374 g/mol. The number of amides is 2. The average molecular weight is 405 g/mol. The van der Waals surface area contributed by atoms with E-state index < -0.39 is 0 Å². The van der Waals surface area contributed by atoms with Crippen LogP contribution in [0.2, 0.25) is 0 Å². The van der Waals surface area contributed by atoms with Gasteiger partial charge in [-0.1, -0.05) is 6.42 Å². The van der Waals surface area contributed by atoms with Crippen molar-refractivity contribution in [3.05, 3.63) is 23.3 Å². The Morgan fingerprint density at radius 2 is 2.07 bits per heavy atom. The molecule has 29 heavy (non-hydrogen) atoms. The van der Waals surface area contributed by atoms with Gasteiger partial charge in [0.25, 0.3) is 5.91 Å². The van der Waals surface area contributed by atoms with Crippen LogP contribution in [0, 0.1) is 6.92 Å². The van der Waals surface area contributed by atoms with E-state index in [-0.39, 0.29) is 24.4 Å². The standard InChI is InChI=1S/C20H31N5O4/c1-15-22-13-16(20(27)24-8-11-29-12-9-24)19(23-15)17-5-3-4-7-25(17)14-18(26)21-6-10-28-2/h13,17H,3-12,14H2,1-2H3,(H,21,26). The smallest absolute Gasteiger partial charge is 0.257 e. The number of methoxy groups -OCH3 is 1. The highest BCUT2D eigenvalue weighted by Gasteiger charge is 2.32. The van der Waals surface area contributed by atoms with Gasteiger partial charge in [0.1, 0.15) is 5.82 Å². The molecule has 0 radical (unpaired) electrons. The van der Waals surface area contributed by atoms with Crippen LogP contribution in [0.25, 0.3) is 0 Å². The predicted molar refractivity (Wildman–Crippen MR) is 107 cm³/mol. The highest BCUT2D eigenvalue weighted by molar-refractivity contribution is 5.95. The number of likely N-dealkylation sites (tertiary alicyclic amines) is 1. The van der Waals surface area contributed by atoms with E-state index in [4.69, 9.17) is 9.47 Å². The molecule has 2 saturated heterocycles. The fraction of sp³-hybridized carbons (Fsp3) is 0.700. The molecule has 3 rings (SSSR count). The lowest BCUT2D eigenvalue weighted by atomic mass is 9.95. The molecule has 2 fully saturated rings. The molecular formula is C20H31N5O4. The van der Waals surface area contributed by atoms with Crippen LogP contribution in [-0.4, -0.2) is 91.2 Å². The van der Waals surface area contributed by atoms with Crippen molar-refractivity contribution < 1.29 is 19.1 Å². The summed E-state index contributed by atoms with van der Waals surface area (Å²) in [7, 11) is 1.61. The first-order chi connectivity index (χ1) is 14.1. The SMILES string of the molecule is COCCNC(=O)CN1CCCCC1c1nc(C)ncc1C(=O)N1CCOCC1. The fourth-order valence-electron chi connectivity index (χ4n) is 3.87. The molecule has 2 aliphatic rings. The number of carbonyl (C=O) groups excluding carboxylic acids is 2. The van der Waals surface area contributed by atoms with Gasteiger partial charge in [-0.25, -0.2) is 9.97 Å². The van der Waals surface area contributed by atoms with Gasteiger partial charge in [-0.15, -0.1) is 0 Å². The first-order valence-corrected chi connectivity index (χ1v) is 10.3. The van der Waals surface area contributed by atoms with Gasteiger partial charge in [-0.2, -0.15) is 0 Å². The Morgan fingerprint density at radius 1 is 1.28 bits per heavy atom. The zero-order valence-corrected chi connectivity index (χ0v) is 17.4. The molecule has 160 valence electrons. The Morgan fingerprint density at radius 3 is 2.83 bits per heavy atom. The van der Waals surface area contributed by atoms with Crippen LogP contribution < -0.4 is 5.32 Å². The molecule has 1 aromatic rings. The number of ether oxygens (including phenoxy) is 2. The van der Waals surface area contributed by atoms with Crippen LogP contribution >= 0.6 is 0 Å². The quantitative estimate of drug-likeness (QED) is 0.662. The minimum Gasteiger partial charge on any atom is -0.383 e. The summed E-state index contributed by atoms with van der Waals surface area (Å²) in [6.45, 7) is 6.12. The molecule has 0 bridgehead atoms. The summed E-state index contributed by atoms with van der Waals surface area (Å²) in [6.07, 6.45) is 4.57. The van der Waals surface area contributed by atoms with E-state index in [2.05, 4.69) is 20.2 Å².